The first-order valence-corrected chi connectivity index (χ1v) is 11.9. The number of allylic oxidation sites excluding steroid dienone is 2. The molecule has 3 aromatic rings. The molecular weight excluding hydrogens is 496 g/mol. The van der Waals surface area contributed by atoms with E-state index in [1.807, 2.05) is 6.92 Å². The zero-order valence-electron chi connectivity index (χ0n) is 21.8. The summed E-state index contributed by atoms with van der Waals surface area (Å²) in [5.74, 6) is -2.59. The third-order valence-corrected chi connectivity index (χ3v) is 6.06. The van der Waals surface area contributed by atoms with Crippen molar-refractivity contribution in [2.24, 2.45) is 10.7 Å². The minimum atomic E-state index is -1.03. The van der Waals surface area contributed by atoms with Crippen molar-refractivity contribution in [3.63, 3.8) is 0 Å². The van der Waals surface area contributed by atoms with Gasteiger partial charge < -0.3 is 15.2 Å². The summed E-state index contributed by atoms with van der Waals surface area (Å²) in [7, 11) is 4.11. The number of aromatic nitrogens is 3. The van der Waals surface area contributed by atoms with Gasteiger partial charge in [-0.2, -0.15) is 5.10 Å². The number of hydrogen-bond acceptors (Lipinski definition) is 7. The van der Waals surface area contributed by atoms with Crippen LogP contribution in [0.2, 0.25) is 0 Å². The summed E-state index contributed by atoms with van der Waals surface area (Å²) in [4.78, 5) is 24.9. The normalized spacial score (nSPS) is 14.1. The highest BCUT2D eigenvalue weighted by molar-refractivity contribution is 6.13. The van der Waals surface area contributed by atoms with E-state index in [2.05, 4.69) is 15.1 Å². The number of ether oxygens (including phenoxy) is 2. The van der Waals surface area contributed by atoms with Crippen molar-refractivity contribution in [1.29, 1.82) is 0 Å². The van der Waals surface area contributed by atoms with Gasteiger partial charge in [0.1, 0.15) is 5.69 Å². The van der Waals surface area contributed by atoms with Crippen LogP contribution in [0.15, 0.2) is 41.4 Å². The van der Waals surface area contributed by atoms with Gasteiger partial charge in [0.25, 0.3) is 0 Å². The second kappa shape index (κ2) is 10.9. The standard InChI is InChI=1S/C26H29F2N7O3/c1-6-7-33-14-17(11-32-33)35-20-8-19(18(12-30-3)15(2)29)31-10-16(20)13-34(26(35)36)25-23(27)21(37-4)9-22(38-5)24(25)28/h8-12,14H,6-7,13,29H2,1-5H3. The van der Waals surface area contributed by atoms with E-state index in [0.29, 0.717) is 40.4 Å². The molecule has 0 atom stereocenters. The molecule has 3 heterocycles. The molecule has 38 heavy (non-hydrogen) atoms. The predicted molar refractivity (Wildman–Crippen MR) is 141 cm³/mol. The van der Waals surface area contributed by atoms with Gasteiger partial charge in [-0.15, -0.1) is 0 Å². The maximum absolute atomic E-state index is 15.5. The summed E-state index contributed by atoms with van der Waals surface area (Å²) in [5, 5.41) is 4.34. The van der Waals surface area contributed by atoms with Crippen LogP contribution in [0.3, 0.4) is 0 Å². The Kier molecular flexibility index (Phi) is 7.60. The maximum Gasteiger partial charge on any atom is 0.334 e. The molecule has 200 valence electrons. The molecule has 0 unspecified atom stereocenters. The first-order valence-electron chi connectivity index (χ1n) is 11.9. The number of benzene rings is 1. The Balaban J connectivity index is 1.94. The van der Waals surface area contributed by atoms with E-state index in [4.69, 9.17) is 15.2 Å². The van der Waals surface area contributed by atoms with E-state index in [9.17, 15) is 4.79 Å². The van der Waals surface area contributed by atoms with Gasteiger partial charge in [0.05, 0.1) is 44.0 Å². The average molecular weight is 526 g/mol. The number of amides is 2. The number of carbonyl (C=O) groups excluding carboxylic acids is 1. The Morgan fingerprint density at radius 3 is 2.45 bits per heavy atom. The summed E-state index contributed by atoms with van der Waals surface area (Å²) in [5.41, 5.74) is 8.47. The van der Waals surface area contributed by atoms with Crippen molar-refractivity contribution in [3.8, 4) is 11.5 Å². The van der Waals surface area contributed by atoms with Crippen molar-refractivity contribution in [2.75, 3.05) is 31.1 Å². The van der Waals surface area contributed by atoms with E-state index in [-0.39, 0.29) is 18.0 Å². The van der Waals surface area contributed by atoms with E-state index in [1.54, 1.807) is 43.3 Å². The minimum Gasteiger partial charge on any atom is -0.493 e. The number of fused-ring (bicyclic) bond motifs is 1. The molecule has 0 radical (unpaired) electrons. The molecule has 2 aromatic heterocycles. The van der Waals surface area contributed by atoms with E-state index in [0.717, 1.165) is 17.4 Å². The van der Waals surface area contributed by atoms with E-state index >= 15 is 8.78 Å². The van der Waals surface area contributed by atoms with Gasteiger partial charge in [0.15, 0.2) is 23.1 Å². The molecule has 2 N–H and O–H groups in total. The molecule has 0 aliphatic carbocycles. The van der Waals surface area contributed by atoms with Crippen molar-refractivity contribution in [1.82, 2.24) is 14.8 Å². The van der Waals surface area contributed by atoms with Gasteiger partial charge >= 0.3 is 6.03 Å². The molecular formula is C26H29F2N7O3. The Morgan fingerprint density at radius 1 is 1.18 bits per heavy atom. The van der Waals surface area contributed by atoms with Crippen molar-refractivity contribution >= 4 is 34.9 Å². The van der Waals surface area contributed by atoms with Gasteiger partial charge in [0, 0.05) is 55.1 Å². The number of urea groups is 1. The lowest BCUT2D eigenvalue weighted by Gasteiger charge is -2.37. The van der Waals surface area contributed by atoms with E-state index < -0.39 is 23.4 Å². The fourth-order valence-corrected chi connectivity index (χ4v) is 4.26. The summed E-state index contributed by atoms with van der Waals surface area (Å²) < 4.78 is 42.8. The fourth-order valence-electron chi connectivity index (χ4n) is 4.26. The number of pyridine rings is 1. The van der Waals surface area contributed by atoms with Gasteiger partial charge in [-0.1, -0.05) is 6.92 Å². The molecule has 2 amide bonds. The molecule has 0 saturated carbocycles. The molecule has 0 bridgehead atoms. The third-order valence-electron chi connectivity index (χ3n) is 6.06. The van der Waals surface area contributed by atoms with Crippen molar-refractivity contribution in [3.05, 3.63) is 59.3 Å². The molecule has 1 aromatic carbocycles. The predicted octanol–water partition coefficient (Wildman–Crippen LogP) is 4.65. The number of methoxy groups -OCH3 is 2. The lowest BCUT2D eigenvalue weighted by atomic mass is 10.0. The number of aliphatic imine (C=N–C) groups is 1. The van der Waals surface area contributed by atoms with Gasteiger partial charge in [0.2, 0.25) is 0 Å². The number of aryl methyl sites for hydroxylation is 1. The van der Waals surface area contributed by atoms with Gasteiger partial charge in [-0.3, -0.25) is 24.5 Å². The van der Waals surface area contributed by atoms with Gasteiger partial charge in [-0.05, 0) is 19.4 Å². The maximum atomic E-state index is 15.5. The first kappa shape index (κ1) is 26.6. The fraction of sp³-hybridized carbons (Fsp3) is 0.308. The minimum absolute atomic E-state index is 0.159. The number of carbonyl (C=O) groups is 1. The molecule has 4 rings (SSSR count). The van der Waals surface area contributed by atoms with E-state index in [1.165, 1.54) is 25.3 Å². The highest BCUT2D eigenvalue weighted by Crippen LogP contribution is 2.43. The monoisotopic (exact) mass is 525 g/mol. The van der Waals surface area contributed by atoms with Crippen LogP contribution < -0.4 is 25.0 Å². The van der Waals surface area contributed by atoms with Gasteiger partial charge in [-0.25, -0.2) is 13.6 Å². The molecule has 0 saturated heterocycles. The topological polar surface area (TPSA) is 111 Å². The number of rotatable bonds is 8. The Labute approximate surface area is 219 Å². The van der Waals surface area contributed by atoms with Crippen LogP contribution in [0.1, 0.15) is 31.5 Å². The summed E-state index contributed by atoms with van der Waals surface area (Å²) in [6.45, 7) is 4.19. The Bertz CT molecular complexity index is 1400. The molecule has 0 fully saturated rings. The largest absolute Gasteiger partial charge is 0.493 e. The van der Waals surface area contributed by atoms with Crippen molar-refractivity contribution in [2.45, 2.75) is 33.4 Å². The zero-order valence-corrected chi connectivity index (χ0v) is 21.8. The quantitative estimate of drug-likeness (QED) is 0.429. The summed E-state index contributed by atoms with van der Waals surface area (Å²) in [6.07, 6.45) is 7.18. The zero-order chi connectivity index (χ0) is 27.6. The van der Waals surface area contributed by atoms with Crippen LogP contribution >= 0.6 is 0 Å². The van der Waals surface area contributed by atoms with Crippen LogP contribution in [-0.4, -0.2) is 48.3 Å². The summed E-state index contributed by atoms with van der Waals surface area (Å²) >= 11 is 0. The highest BCUT2D eigenvalue weighted by Gasteiger charge is 2.38. The second-order valence-corrected chi connectivity index (χ2v) is 8.61. The Hall–Kier alpha value is -4.48. The SMILES string of the molecule is CCCn1cc(N2C(=O)N(c3c(F)c(OC)cc(OC)c3F)Cc3cnc(C(C=NC)=C(C)N)cc32)cn1. The third kappa shape index (κ3) is 4.64. The lowest BCUT2D eigenvalue weighted by molar-refractivity contribution is 0.251. The smallest absolute Gasteiger partial charge is 0.334 e. The Morgan fingerprint density at radius 2 is 1.87 bits per heavy atom. The van der Waals surface area contributed by atoms with Crippen LogP contribution in [-0.2, 0) is 13.1 Å². The lowest BCUT2D eigenvalue weighted by Crippen LogP contribution is -2.45. The van der Waals surface area contributed by atoms with Crippen LogP contribution in [0.25, 0.3) is 5.57 Å². The number of halogens is 2. The van der Waals surface area contributed by atoms with Crippen LogP contribution in [0.4, 0.5) is 30.6 Å². The molecule has 12 heteroatoms. The highest BCUT2D eigenvalue weighted by atomic mass is 19.1. The average Bonchev–Trinajstić information content (AvgIpc) is 3.35. The number of anilines is 3. The number of hydrogen-bond donors (Lipinski definition) is 1. The molecule has 1 aliphatic rings. The molecule has 1 aliphatic heterocycles. The first-order chi connectivity index (χ1) is 18.2. The van der Waals surface area contributed by atoms with Crippen molar-refractivity contribution < 1.29 is 23.0 Å². The number of nitrogens with zero attached hydrogens (tertiary/aromatic N) is 6. The number of nitrogens with two attached hydrogens (primary N) is 1. The van der Waals surface area contributed by atoms with Crippen LogP contribution in [0, 0.1) is 11.6 Å². The molecule has 0 spiro atoms. The van der Waals surface area contributed by atoms with Crippen LogP contribution in [0.5, 0.6) is 11.5 Å². The second-order valence-electron chi connectivity index (χ2n) is 8.61. The summed E-state index contributed by atoms with van der Waals surface area (Å²) in [6, 6.07) is 2.10. The molecule has 10 nitrogen and oxygen atoms in total.